The Balaban J connectivity index is 2.08. The van der Waals surface area contributed by atoms with Gasteiger partial charge in [-0.1, -0.05) is 6.07 Å². The molecule has 6 heteroatoms. The molecule has 1 heterocycles. The molecule has 1 amide bonds. The molecule has 2 fully saturated rings. The van der Waals surface area contributed by atoms with E-state index in [4.69, 9.17) is 4.74 Å². The highest BCUT2D eigenvalue weighted by Gasteiger charge is 2.48. The third-order valence-corrected chi connectivity index (χ3v) is 4.00. The Bertz CT molecular complexity index is 599. The number of rotatable bonds is 3. The Morgan fingerprint density at radius 3 is 2.76 bits per heavy atom. The Morgan fingerprint density at radius 1 is 1.43 bits per heavy atom. The fraction of sp³-hybridized carbons (Fsp3) is 0.467. The zero-order valence-corrected chi connectivity index (χ0v) is 11.6. The molecule has 0 aromatic heterocycles. The van der Waals surface area contributed by atoms with E-state index >= 15 is 0 Å². The lowest BCUT2D eigenvalue weighted by Gasteiger charge is -2.40. The van der Waals surface area contributed by atoms with Gasteiger partial charge in [0.05, 0.1) is 6.04 Å². The third kappa shape index (κ3) is 2.51. The average Bonchev–Trinajstić information content (AvgIpc) is 3.25. The maximum atomic E-state index is 13.6. The molecule has 1 saturated carbocycles. The Hall–Kier alpha value is -1.95. The van der Waals surface area contributed by atoms with Crippen molar-refractivity contribution in [2.45, 2.75) is 38.0 Å². The second kappa shape index (κ2) is 5.11. The van der Waals surface area contributed by atoms with Crippen LogP contribution in [-0.4, -0.2) is 40.6 Å². The molecule has 1 N–H and O–H groups in total. The number of carboxylic acid groups (broad SMARTS) is 1. The van der Waals surface area contributed by atoms with Gasteiger partial charge in [0.25, 0.3) is 0 Å². The van der Waals surface area contributed by atoms with Crippen molar-refractivity contribution in [1.29, 1.82) is 0 Å². The number of ether oxygens (including phenoxy) is 1. The van der Waals surface area contributed by atoms with E-state index < -0.39 is 23.9 Å². The monoisotopic (exact) mass is 293 g/mol. The van der Waals surface area contributed by atoms with Crippen molar-refractivity contribution in [3.63, 3.8) is 0 Å². The molecule has 3 rings (SSSR count). The van der Waals surface area contributed by atoms with Gasteiger partial charge in [-0.2, -0.15) is 0 Å². The molecule has 1 aliphatic carbocycles. The summed E-state index contributed by atoms with van der Waals surface area (Å²) < 4.78 is 18.8. The van der Waals surface area contributed by atoms with Crippen molar-refractivity contribution in [3.8, 4) is 0 Å². The maximum Gasteiger partial charge on any atom is 0.335 e. The van der Waals surface area contributed by atoms with Gasteiger partial charge in [0.2, 0.25) is 5.91 Å². The largest absolute Gasteiger partial charge is 0.479 e. The number of carboxylic acids is 1. The topological polar surface area (TPSA) is 66.8 Å². The number of nitrogens with zero attached hydrogens (tertiary/aromatic N) is 1. The number of carbonyl (C=O) groups excluding carboxylic acids is 1. The zero-order valence-electron chi connectivity index (χ0n) is 11.6. The van der Waals surface area contributed by atoms with Crippen LogP contribution in [0.1, 0.15) is 30.0 Å². The van der Waals surface area contributed by atoms with E-state index in [-0.39, 0.29) is 18.6 Å². The molecule has 0 radical (unpaired) electrons. The SMILES string of the molecule is Cc1ccc(F)cc1C1C(C(=O)O)OCC(=O)N1C1CC1. The van der Waals surface area contributed by atoms with Gasteiger partial charge in [-0.25, -0.2) is 9.18 Å². The number of benzene rings is 1. The minimum atomic E-state index is -1.16. The van der Waals surface area contributed by atoms with Crippen LogP contribution >= 0.6 is 0 Å². The smallest absolute Gasteiger partial charge is 0.335 e. The van der Waals surface area contributed by atoms with Crippen LogP contribution in [0, 0.1) is 12.7 Å². The van der Waals surface area contributed by atoms with E-state index in [9.17, 15) is 19.1 Å². The van der Waals surface area contributed by atoms with E-state index in [2.05, 4.69) is 0 Å². The number of hydrogen-bond donors (Lipinski definition) is 1. The predicted molar refractivity (Wildman–Crippen MR) is 71.1 cm³/mol. The molecule has 2 aliphatic rings. The Kier molecular flexibility index (Phi) is 3.41. The lowest BCUT2D eigenvalue weighted by molar-refractivity contribution is -0.174. The van der Waals surface area contributed by atoms with Crippen LogP contribution in [0.25, 0.3) is 0 Å². The lowest BCUT2D eigenvalue weighted by atomic mass is 9.93. The summed E-state index contributed by atoms with van der Waals surface area (Å²) in [5.41, 5.74) is 1.25. The van der Waals surface area contributed by atoms with Crippen molar-refractivity contribution in [2.75, 3.05) is 6.61 Å². The van der Waals surface area contributed by atoms with Crippen LogP contribution in [0.5, 0.6) is 0 Å². The summed E-state index contributed by atoms with van der Waals surface area (Å²) in [6.45, 7) is 1.54. The first-order chi connectivity index (χ1) is 9.99. The van der Waals surface area contributed by atoms with E-state index in [1.807, 2.05) is 0 Å². The van der Waals surface area contributed by atoms with Gasteiger partial charge in [0.1, 0.15) is 12.4 Å². The van der Waals surface area contributed by atoms with Crippen molar-refractivity contribution < 1.29 is 23.8 Å². The minimum absolute atomic E-state index is 0.0379. The highest BCUT2D eigenvalue weighted by molar-refractivity contribution is 5.83. The molecule has 21 heavy (non-hydrogen) atoms. The minimum Gasteiger partial charge on any atom is -0.479 e. The number of morpholine rings is 1. The number of amides is 1. The summed E-state index contributed by atoms with van der Waals surface area (Å²) in [4.78, 5) is 25.2. The van der Waals surface area contributed by atoms with E-state index in [1.54, 1.807) is 17.9 Å². The molecule has 1 aliphatic heterocycles. The quantitative estimate of drug-likeness (QED) is 0.920. The Morgan fingerprint density at radius 2 is 2.14 bits per heavy atom. The number of aliphatic carboxylic acids is 1. The summed E-state index contributed by atoms with van der Waals surface area (Å²) in [5, 5.41) is 9.38. The maximum absolute atomic E-state index is 13.6. The van der Waals surface area contributed by atoms with Crippen molar-refractivity contribution in [2.24, 2.45) is 0 Å². The summed E-state index contributed by atoms with van der Waals surface area (Å²) in [6.07, 6.45) is 0.537. The van der Waals surface area contributed by atoms with E-state index in [0.717, 1.165) is 18.4 Å². The number of aryl methyl sites for hydroxylation is 1. The van der Waals surface area contributed by atoms with Crippen LogP contribution in [0.4, 0.5) is 4.39 Å². The van der Waals surface area contributed by atoms with Crippen LogP contribution in [0.15, 0.2) is 18.2 Å². The van der Waals surface area contributed by atoms with E-state index in [1.165, 1.54) is 12.1 Å². The van der Waals surface area contributed by atoms with Gasteiger partial charge >= 0.3 is 5.97 Å². The normalized spacial score (nSPS) is 26.0. The molecule has 2 unspecified atom stereocenters. The lowest BCUT2D eigenvalue weighted by Crippen LogP contribution is -2.52. The van der Waals surface area contributed by atoms with Crippen LogP contribution in [0.3, 0.4) is 0 Å². The van der Waals surface area contributed by atoms with Crippen molar-refractivity contribution >= 4 is 11.9 Å². The molecule has 0 bridgehead atoms. The standard InChI is InChI=1S/C15H16FNO4/c1-8-2-3-9(16)6-11(8)13-14(15(19)20)21-7-12(18)17(13)10-4-5-10/h2-3,6,10,13-14H,4-5,7H2,1H3,(H,19,20). The first kappa shape index (κ1) is 14.0. The molecule has 2 atom stereocenters. The van der Waals surface area contributed by atoms with Crippen LogP contribution < -0.4 is 0 Å². The van der Waals surface area contributed by atoms with E-state index in [0.29, 0.717) is 5.56 Å². The molecule has 112 valence electrons. The van der Waals surface area contributed by atoms with Gasteiger partial charge in [-0.05, 0) is 43.0 Å². The first-order valence-electron chi connectivity index (χ1n) is 6.90. The summed E-state index contributed by atoms with van der Waals surface area (Å²) >= 11 is 0. The fourth-order valence-corrected chi connectivity index (χ4v) is 2.86. The highest BCUT2D eigenvalue weighted by atomic mass is 19.1. The molecule has 1 aromatic rings. The molecule has 0 spiro atoms. The van der Waals surface area contributed by atoms with Crippen molar-refractivity contribution in [3.05, 3.63) is 35.1 Å². The summed E-state index contributed by atoms with van der Waals surface area (Å²) in [7, 11) is 0. The fourth-order valence-electron chi connectivity index (χ4n) is 2.86. The molecular weight excluding hydrogens is 277 g/mol. The third-order valence-electron chi connectivity index (χ3n) is 4.00. The van der Waals surface area contributed by atoms with Gasteiger partial charge < -0.3 is 14.7 Å². The average molecular weight is 293 g/mol. The summed E-state index contributed by atoms with van der Waals surface area (Å²) in [6, 6.07) is 3.48. The highest BCUT2D eigenvalue weighted by Crippen LogP contribution is 2.40. The summed E-state index contributed by atoms with van der Waals surface area (Å²) in [5.74, 6) is -1.82. The molecular formula is C15H16FNO4. The molecule has 1 aromatic carbocycles. The van der Waals surface area contributed by atoms with Gasteiger partial charge in [0, 0.05) is 6.04 Å². The Labute approximate surface area is 121 Å². The van der Waals surface area contributed by atoms with Crippen LogP contribution in [0.2, 0.25) is 0 Å². The number of carbonyl (C=O) groups is 2. The van der Waals surface area contributed by atoms with Crippen molar-refractivity contribution in [1.82, 2.24) is 4.90 Å². The predicted octanol–water partition coefficient (Wildman–Crippen LogP) is 1.65. The molecule has 5 nitrogen and oxygen atoms in total. The first-order valence-corrected chi connectivity index (χ1v) is 6.90. The van der Waals surface area contributed by atoms with Crippen LogP contribution in [-0.2, 0) is 14.3 Å². The van der Waals surface area contributed by atoms with Gasteiger partial charge in [-0.3, -0.25) is 4.79 Å². The second-order valence-corrected chi connectivity index (χ2v) is 5.55. The zero-order chi connectivity index (χ0) is 15.1. The number of halogens is 1. The second-order valence-electron chi connectivity index (χ2n) is 5.55. The number of hydrogen-bond acceptors (Lipinski definition) is 3. The van der Waals surface area contributed by atoms with Gasteiger partial charge in [-0.15, -0.1) is 0 Å². The molecule has 1 saturated heterocycles. The van der Waals surface area contributed by atoms with Gasteiger partial charge in [0.15, 0.2) is 6.10 Å².